The molecule has 0 amide bonds. The van der Waals surface area contributed by atoms with Crippen molar-refractivity contribution in [2.45, 2.75) is 13.0 Å². The lowest BCUT2D eigenvalue weighted by Crippen LogP contribution is -2.31. The molecule has 0 fully saturated rings. The van der Waals surface area contributed by atoms with Gasteiger partial charge in [-0.3, -0.25) is 5.84 Å². The van der Waals surface area contributed by atoms with Gasteiger partial charge in [-0.1, -0.05) is 24.3 Å². The first-order valence-electron chi connectivity index (χ1n) is 5.81. The number of hydrazine groups is 1. The molecule has 0 heterocycles. The van der Waals surface area contributed by atoms with Gasteiger partial charge in [0.25, 0.3) is 0 Å². The first-order chi connectivity index (χ1) is 9.06. The van der Waals surface area contributed by atoms with E-state index in [4.69, 9.17) is 11.6 Å². The molecule has 3 nitrogen and oxygen atoms in total. The summed E-state index contributed by atoms with van der Waals surface area (Å²) < 4.78 is 28.0. The monoisotopic (exact) mass is 263 g/mol. The molecule has 0 saturated carbocycles. The number of hydrogen-bond donors (Lipinski definition) is 3. The van der Waals surface area contributed by atoms with E-state index >= 15 is 0 Å². The van der Waals surface area contributed by atoms with Gasteiger partial charge in [-0.15, -0.1) is 0 Å². The van der Waals surface area contributed by atoms with Crippen LogP contribution in [-0.2, 0) is 0 Å². The van der Waals surface area contributed by atoms with E-state index in [1.165, 1.54) is 12.1 Å². The molecule has 0 bridgehead atoms. The Morgan fingerprint density at radius 1 is 1.11 bits per heavy atom. The van der Waals surface area contributed by atoms with E-state index in [9.17, 15) is 8.78 Å². The third kappa shape index (κ3) is 2.43. The van der Waals surface area contributed by atoms with Gasteiger partial charge in [-0.05, 0) is 30.2 Å². The Morgan fingerprint density at radius 2 is 1.79 bits per heavy atom. The molecule has 0 saturated heterocycles. The minimum absolute atomic E-state index is 0.125. The highest BCUT2D eigenvalue weighted by molar-refractivity contribution is 5.51. The molecular weight excluding hydrogens is 248 g/mol. The Labute approximate surface area is 110 Å². The van der Waals surface area contributed by atoms with Crippen molar-refractivity contribution in [2.24, 2.45) is 5.84 Å². The first kappa shape index (κ1) is 13.5. The second-order valence-corrected chi connectivity index (χ2v) is 4.32. The molecular formula is C14H15F2N3. The number of halogens is 2. The summed E-state index contributed by atoms with van der Waals surface area (Å²) >= 11 is 0. The van der Waals surface area contributed by atoms with Crippen LogP contribution in [0.2, 0.25) is 0 Å². The van der Waals surface area contributed by atoms with Crippen LogP contribution in [0.1, 0.15) is 22.7 Å². The van der Waals surface area contributed by atoms with Crippen LogP contribution in [0.3, 0.4) is 0 Å². The fourth-order valence-electron chi connectivity index (χ4n) is 2.05. The van der Waals surface area contributed by atoms with Gasteiger partial charge in [0.2, 0.25) is 0 Å². The Kier molecular flexibility index (Phi) is 3.78. The highest BCUT2D eigenvalue weighted by atomic mass is 19.1. The summed E-state index contributed by atoms with van der Waals surface area (Å²) in [6.07, 6.45) is 0. The van der Waals surface area contributed by atoms with Crippen molar-refractivity contribution in [3.05, 3.63) is 64.7 Å². The van der Waals surface area contributed by atoms with Crippen LogP contribution in [0.25, 0.3) is 0 Å². The molecule has 1 unspecified atom stereocenters. The molecule has 19 heavy (non-hydrogen) atoms. The van der Waals surface area contributed by atoms with Gasteiger partial charge < -0.3 is 5.73 Å². The number of rotatable bonds is 3. The predicted molar refractivity (Wildman–Crippen MR) is 71.1 cm³/mol. The zero-order valence-corrected chi connectivity index (χ0v) is 10.5. The number of aryl methyl sites for hydroxylation is 1. The maximum absolute atomic E-state index is 14.1. The van der Waals surface area contributed by atoms with Gasteiger partial charge in [0.1, 0.15) is 11.6 Å². The minimum Gasteiger partial charge on any atom is -0.398 e. The second-order valence-electron chi connectivity index (χ2n) is 4.32. The number of nitrogen functional groups attached to an aromatic ring is 1. The van der Waals surface area contributed by atoms with E-state index in [-0.39, 0.29) is 5.56 Å². The summed E-state index contributed by atoms with van der Waals surface area (Å²) in [6, 6.07) is 8.59. The summed E-state index contributed by atoms with van der Waals surface area (Å²) in [6.45, 7) is 1.57. The van der Waals surface area contributed by atoms with Crippen LogP contribution < -0.4 is 17.0 Å². The molecule has 2 rings (SSSR count). The highest BCUT2D eigenvalue weighted by Gasteiger charge is 2.23. The van der Waals surface area contributed by atoms with Gasteiger partial charge in [-0.25, -0.2) is 14.2 Å². The van der Waals surface area contributed by atoms with Crippen LogP contribution in [0.4, 0.5) is 14.5 Å². The van der Waals surface area contributed by atoms with Gasteiger partial charge in [0.05, 0.1) is 6.04 Å². The Bertz CT molecular complexity index is 599. The second kappa shape index (κ2) is 5.34. The van der Waals surface area contributed by atoms with Crippen molar-refractivity contribution in [3.63, 3.8) is 0 Å². The summed E-state index contributed by atoms with van der Waals surface area (Å²) in [5, 5.41) is 0. The van der Waals surface area contributed by atoms with Gasteiger partial charge in [-0.2, -0.15) is 0 Å². The van der Waals surface area contributed by atoms with Crippen LogP contribution in [-0.4, -0.2) is 0 Å². The molecule has 0 radical (unpaired) electrons. The quantitative estimate of drug-likeness (QED) is 0.452. The number of anilines is 1. The lowest BCUT2D eigenvalue weighted by molar-refractivity contribution is 0.507. The lowest BCUT2D eigenvalue weighted by atomic mass is 9.95. The van der Waals surface area contributed by atoms with Gasteiger partial charge in [0, 0.05) is 11.3 Å². The smallest absolute Gasteiger partial charge is 0.134 e. The highest BCUT2D eigenvalue weighted by Crippen LogP contribution is 2.30. The average Bonchev–Trinajstić information content (AvgIpc) is 2.40. The van der Waals surface area contributed by atoms with Crippen LogP contribution in [0.5, 0.6) is 0 Å². The molecule has 0 spiro atoms. The van der Waals surface area contributed by atoms with Gasteiger partial charge in [0.15, 0.2) is 0 Å². The van der Waals surface area contributed by atoms with Gasteiger partial charge >= 0.3 is 0 Å². The lowest BCUT2D eigenvalue weighted by Gasteiger charge is -2.20. The molecule has 5 heteroatoms. The fraction of sp³-hybridized carbons (Fsp3) is 0.143. The zero-order valence-electron chi connectivity index (χ0n) is 10.5. The third-order valence-electron chi connectivity index (χ3n) is 3.08. The summed E-state index contributed by atoms with van der Waals surface area (Å²) in [5.74, 6) is 4.18. The number of benzene rings is 2. The molecule has 0 aromatic heterocycles. The number of nitrogens with one attached hydrogen (secondary N) is 1. The van der Waals surface area contributed by atoms with Crippen LogP contribution in [0.15, 0.2) is 36.4 Å². The van der Waals surface area contributed by atoms with E-state index in [0.717, 1.165) is 0 Å². The number of nitrogens with two attached hydrogens (primary N) is 2. The Balaban J connectivity index is 2.61. The molecule has 1 atom stereocenters. The van der Waals surface area contributed by atoms with Crippen LogP contribution in [0, 0.1) is 18.6 Å². The fourth-order valence-corrected chi connectivity index (χ4v) is 2.05. The average molecular weight is 263 g/mol. The van der Waals surface area contributed by atoms with E-state index in [1.807, 2.05) is 0 Å². The summed E-state index contributed by atoms with van der Waals surface area (Å²) in [5.41, 5.74) is 9.44. The van der Waals surface area contributed by atoms with Crippen molar-refractivity contribution < 1.29 is 8.78 Å². The van der Waals surface area contributed by atoms with Crippen molar-refractivity contribution in [1.29, 1.82) is 0 Å². The molecule has 0 aliphatic carbocycles. The minimum atomic E-state index is -0.832. The van der Waals surface area contributed by atoms with Crippen molar-refractivity contribution in [1.82, 2.24) is 5.43 Å². The molecule has 0 aliphatic heterocycles. The first-order valence-corrected chi connectivity index (χ1v) is 5.81. The standard InChI is InChI=1S/C14H15F2N3/c1-8-6-7-10(15)12(13(8)16)14(19-18)9-4-2-3-5-11(9)17/h2-7,14,19H,17-18H2,1H3. The summed E-state index contributed by atoms with van der Waals surface area (Å²) in [4.78, 5) is 0. The molecule has 5 N–H and O–H groups in total. The summed E-state index contributed by atoms with van der Waals surface area (Å²) in [7, 11) is 0. The van der Waals surface area contributed by atoms with E-state index < -0.39 is 17.7 Å². The molecule has 0 aliphatic rings. The van der Waals surface area contributed by atoms with Crippen molar-refractivity contribution in [3.8, 4) is 0 Å². The zero-order chi connectivity index (χ0) is 14.0. The maximum Gasteiger partial charge on any atom is 0.134 e. The SMILES string of the molecule is Cc1ccc(F)c(C(NN)c2ccccc2N)c1F. The topological polar surface area (TPSA) is 64.1 Å². The molecule has 2 aromatic rings. The third-order valence-corrected chi connectivity index (χ3v) is 3.08. The van der Waals surface area contributed by atoms with E-state index in [1.54, 1.807) is 31.2 Å². The number of para-hydroxylation sites is 1. The molecule has 2 aromatic carbocycles. The number of hydrogen-bond acceptors (Lipinski definition) is 3. The maximum atomic E-state index is 14.1. The van der Waals surface area contributed by atoms with E-state index in [0.29, 0.717) is 16.8 Å². The van der Waals surface area contributed by atoms with E-state index in [2.05, 4.69) is 5.43 Å². The Hall–Kier alpha value is -1.98. The molecule has 100 valence electrons. The van der Waals surface area contributed by atoms with Crippen molar-refractivity contribution >= 4 is 5.69 Å². The van der Waals surface area contributed by atoms with Crippen LogP contribution >= 0.6 is 0 Å². The normalized spacial score (nSPS) is 12.4. The Morgan fingerprint density at radius 3 is 2.42 bits per heavy atom. The largest absolute Gasteiger partial charge is 0.398 e. The predicted octanol–water partition coefficient (Wildman–Crippen LogP) is 2.41. The van der Waals surface area contributed by atoms with Crippen molar-refractivity contribution in [2.75, 3.05) is 5.73 Å².